The number of aromatic nitrogens is 4. The van der Waals surface area contributed by atoms with Crippen LogP contribution in [0.4, 0.5) is 5.82 Å². The van der Waals surface area contributed by atoms with E-state index in [4.69, 9.17) is 28.9 Å². The van der Waals surface area contributed by atoms with Crippen LogP contribution in [0.15, 0.2) is 61.2 Å². The quantitative estimate of drug-likeness (QED) is 0.221. The number of benzene rings is 2. The molecule has 47 heavy (non-hydrogen) atoms. The number of piperazine rings is 1. The number of anilines is 1. The number of carbonyl (C=O) groups is 2. The number of nitrogens with one attached hydrogen (secondary N) is 2. The Morgan fingerprint density at radius 3 is 2.53 bits per heavy atom. The standard InChI is InChI=1S/C34H39N7O6/c1-22(2)27-18-31(39-33(38-27)40-11-9-36-20-40)41-12-10-35-19-34(41,30(42)16-23-5-6-28-29(15-23)47-21-46-28)32(43)37-8-7-24-13-25(44-3)17-26(14-24)45-4/h5-6,9,11,13-15,17-18,20,22,35H,7-8,10,12,16,19,21H2,1-4H3,(H,37,43). The van der Waals surface area contributed by atoms with Gasteiger partial charge in [0.05, 0.1) is 19.9 Å². The topological polar surface area (TPSA) is 142 Å². The lowest BCUT2D eigenvalue weighted by atomic mass is 9.84. The molecule has 6 rings (SSSR count). The van der Waals surface area contributed by atoms with E-state index in [9.17, 15) is 9.59 Å². The molecule has 13 heteroatoms. The predicted molar refractivity (Wildman–Crippen MR) is 174 cm³/mol. The van der Waals surface area contributed by atoms with E-state index in [0.717, 1.165) is 11.3 Å². The molecule has 13 nitrogen and oxygen atoms in total. The lowest BCUT2D eigenvalue weighted by Crippen LogP contribution is -2.72. The number of ether oxygens (including phenoxy) is 4. The zero-order chi connectivity index (χ0) is 33.0. The Bertz CT molecular complexity index is 1720. The van der Waals surface area contributed by atoms with Gasteiger partial charge in [0, 0.05) is 57.1 Å². The number of rotatable bonds is 12. The highest BCUT2D eigenvalue weighted by Crippen LogP contribution is 2.34. The van der Waals surface area contributed by atoms with Crippen molar-refractivity contribution < 1.29 is 28.5 Å². The van der Waals surface area contributed by atoms with Gasteiger partial charge < -0.3 is 34.5 Å². The number of fused-ring (bicyclic) bond motifs is 1. The molecular weight excluding hydrogens is 602 g/mol. The fourth-order valence-electron chi connectivity index (χ4n) is 5.86. The van der Waals surface area contributed by atoms with Crippen molar-refractivity contribution in [2.45, 2.75) is 38.1 Å². The maximum absolute atomic E-state index is 14.6. The van der Waals surface area contributed by atoms with E-state index >= 15 is 0 Å². The molecule has 0 spiro atoms. The summed E-state index contributed by atoms with van der Waals surface area (Å²) in [5, 5.41) is 6.40. The molecule has 2 aliphatic rings. The second kappa shape index (κ2) is 13.7. The van der Waals surface area contributed by atoms with Crippen molar-refractivity contribution in [1.29, 1.82) is 0 Å². The summed E-state index contributed by atoms with van der Waals surface area (Å²) < 4.78 is 23.6. The summed E-state index contributed by atoms with van der Waals surface area (Å²) in [6.45, 7) is 5.50. The van der Waals surface area contributed by atoms with Gasteiger partial charge >= 0.3 is 0 Å². The molecule has 4 aromatic rings. The number of ketones is 1. The van der Waals surface area contributed by atoms with Gasteiger partial charge in [0.1, 0.15) is 23.6 Å². The maximum atomic E-state index is 14.6. The molecule has 246 valence electrons. The van der Waals surface area contributed by atoms with Gasteiger partial charge in [-0.2, -0.15) is 4.98 Å². The van der Waals surface area contributed by atoms with Gasteiger partial charge in [-0.15, -0.1) is 0 Å². The molecule has 1 saturated heterocycles. The number of Topliss-reactive ketones (excluding diaryl/α,β-unsaturated/α-hetero) is 1. The Hall–Kier alpha value is -5.17. The minimum absolute atomic E-state index is 0.00811. The van der Waals surface area contributed by atoms with Crippen LogP contribution in [0.1, 0.15) is 36.6 Å². The molecule has 1 atom stereocenters. The predicted octanol–water partition coefficient (Wildman–Crippen LogP) is 2.85. The van der Waals surface area contributed by atoms with Crippen LogP contribution in [0.25, 0.3) is 5.95 Å². The Morgan fingerprint density at radius 2 is 1.81 bits per heavy atom. The summed E-state index contributed by atoms with van der Waals surface area (Å²) in [4.78, 5) is 44.8. The van der Waals surface area contributed by atoms with Crippen LogP contribution in [0, 0.1) is 0 Å². The number of hydrogen-bond donors (Lipinski definition) is 2. The second-order valence-electron chi connectivity index (χ2n) is 11.8. The third-order valence-electron chi connectivity index (χ3n) is 8.43. The zero-order valence-corrected chi connectivity index (χ0v) is 27.0. The largest absolute Gasteiger partial charge is 0.497 e. The first kappa shape index (κ1) is 31.8. The first-order valence-corrected chi connectivity index (χ1v) is 15.6. The van der Waals surface area contributed by atoms with Gasteiger partial charge in [-0.3, -0.25) is 14.2 Å². The van der Waals surface area contributed by atoms with E-state index in [1.54, 1.807) is 55.7 Å². The van der Waals surface area contributed by atoms with Crippen molar-refractivity contribution in [2.75, 3.05) is 52.1 Å². The molecule has 2 N–H and O–H groups in total. The van der Waals surface area contributed by atoms with Gasteiger partial charge in [-0.05, 0) is 47.7 Å². The number of imidazole rings is 1. The van der Waals surface area contributed by atoms with Crippen molar-refractivity contribution in [2.24, 2.45) is 0 Å². The molecular formula is C34H39N7O6. The van der Waals surface area contributed by atoms with Crippen LogP contribution in [0.5, 0.6) is 23.0 Å². The highest BCUT2D eigenvalue weighted by molar-refractivity contribution is 6.14. The average Bonchev–Trinajstić information content (AvgIpc) is 3.80. The molecule has 2 aromatic carbocycles. The molecule has 4 heterocycles. The van der Waals surface area contributed by atoms with Crippen molar-refractivity contribution in [1.82, 2.24) is 30.2 Å². The van der Waals surface area contributed by atoms with E-state index in [1.807, 2.05) is 43.0 Å². The maximum Gasteiger partial charge on any atom is 0.255 e. The van der Waals surface area contributed by atoms with Crippen LogP contribution < -0.4 is 34.5 Å². The van der Waals surface area contributed by atoms with Crippen LogP contribution in [0.3, 0.4) is 0 Å². The molecule has 1 unspecified atom stereocenters. The number of methoxy groups -OCH3 is 2. The van der Waals surface area contributed by atoms with Crippen molar-refractivity contribution >= 4 is 17.5 Å². The smallest absolute Gasteiger partial charge is 0.255 e. The zero-order valence-electron chi connectivity index (χ0n) is 27.0. The Balaban J connectivity index is 1.36. The van der Waals surface area contributed by atoms with E-state index in [0.29, 0.717) is 59.8 Å². The molecule has 0 saturated carbocycles. The van der Waals surface area contributed by atoms with Gasteiger partial charge in [-0.25, -0.2) is 9.97 Å². The Kier molecular flexibility index (Phi) is 9.25. The fraction of sp³-hybridized carbons (Fsp3) is 0.382. The number of hydrogen-bond acceptors (Lipinski definition) is 11. The lowest BCUT2D eigenvalue weighted by Gasteiger charge is -2.45. The third-order valence-corrected chi connectivity index (χ3v) is 8.43. The molecule has 2 aromatic heterocycles. The minimum atomic E-state index is -1.62. The van der Waals surface area contributed by atoms with Crippen LogP contribution >= 0.6 is 0 Å². The van der Waals surface area contributed by atoms with Crippen LogP contribution in [0.2, 0.25) is 0 Å². The summed E-state index contributed by atoms with van der Waals surface area (Å²) in [5.41, 5.74) is 0.796. The molecule has 2 aliphatic heterocycles. The van der Waals surface area contributed by atoms with Gasteiger partial charge in [0.2, 0.25) is 12.7 Å². The summed E-state index contributed by atoms with van der Waals surface area (Å²) in [7, 11) is 3.19. The molecule has 1 fully saturated rings. The van der Waals surface area contributed by atoms with Gasteiger partial charge in [0.15, 0.2) is 22.8 Å². The fourth-order valence-corrected chi connectivity index (χ4v) is 5.86. The number of amides is 1. The average molecular weight is 642 g/mol. The minimum Gasteiger partial charge on any atom is -0.497 e. The van der Waals surface area contributed by atoms with E-state index in [2.05, 4.69) is 15.6 Å². The SMILES string of the molecule is COc1cc(CCNC(=O)C2(C(=O)Cc3ccc4c(c3)OCO4)CNCCN2c2cc(C(C)C)nc(-n3ccnc3)n2)cc(OC)c1. The lowest BCUT2D eigenvalue weighted by molar-refractivity contribution is -0.136. The van der Waals surface area contributed by atoms with Crippen LogP contribution in [-0.2, 0) is 22.4 Å². The number of carbonyl (C=O) groups excluding carboxylic acids is 2. The van der Waals surface area contributed by atoms with E-state index < -0.39 is 11.4 Å². The summed E-state index contributed by atoms with van der Waals surface area (Å²) in [5.74, 6) is 2.77. The van der Waals surface area contributed by atoms with Crippen molar-refractivity contribution in [3.63, 3.8) is 0 Å². The van der Waals surface area contributed by atoms with Gasteiger partial charge in [0.25, 0.3) is 5.91 Å². The summed E-state index contributed by atoms with van der Waals surface area (Å²) in [6.07, 6.45) is 5.53. The molecule has 1 amide bonds. The van der Waals surface area contributed by atoms with Crippen molar-refractivity contribution in [3.05, 3.63) is 78.0 Å². The molecule has 0 bridgehead atoms. The highest BCUT2D eigenvalue weighted by atomic mass is 16.7. The van der Waals surface area contributed by atoms with Crippen molar-refractivity contribution in [3.8, 4) is 28.9 Å². The third kappa shape index (κ3) is 6.57. The first-order chi connectivity index (χ1) is 22.8. The monoisotopic (exact) mass is 641 g/mol. The van der Waals surface area contributed by atoms with Gasteiger partial charge in [-0.1, -0.05) is 19.9 Å². The number of nitrogens with zero attached hydrogens (tertiary/aromatic N) is 5. The van der Waals surface area contributed by atoms with E-state index in [1.165, 1.54) is 0 Å². The second-order valence-corrected chi connectivity index (χ2v) is 11.8. The van der Waals surface area contributed by atoms with Crippen LogP contribution in [-0.4, -0.2) is 83.9 Å². The first-order valence-electron chi connectivity index (χ1n) is 15.6. The normalized spacial score (nSPS) is 17.1. The molecule has 0 aliphatic carbocycles. The Morgan fingerprint density at radius 1 is 1.02 bits per heavy atom. The van der Waals surface area contributed by atoms with E-state index in [-0.39, 0.29) is 38.0 Å². The molecule has 0 radical (unpaired) electrons. The highest BCUT2D eigenvalue weighted by Gasteiger charge is 2.52. The summed E-state index contributed by atoms with van der Waals surface area (Å²) in [6, 6.07) is 12.9. The summed E-state index contributed by atoms with van der Waals surface area (Å²) >= 11 is 0. The Labute approximate surface area is 273 Å².